The van der Waals surface area contributed by atoms with E-state index in [2.05, 4.69) is 4.79 Å². The molecule has 0 aliphatic heterocycles. The third kappa shape index (κ3) is 4.47. The molecule has 0 N–H and O–H groups in total. The lowest BCUT2D eigenvalue weighted by molar-refractivity contribution is -0.116. The summed E-state index contributed by atoms with van der Waals surface area (Å²) in [7, 11) is -4.15. The molecule has 23 heavy (non-hydrogen) atoms. The Morgan fingerprint density at radius 1 is 1.17 bits per heavy atom. The topological polar surface area (TPSA) is 87.6 Å². The van der Waals surface area contributed by atoms with Crippen LogP contribution in [0.5, 0.6) is 0 Å². The largest absolute Gasteiger partial charge is 0.451 e. The van der Waals surface area contributed by atoms with E-state index in [1.165, 1.54) is 0 Å². The van der Waals surface area contributed by atoms with Crippen LogP contribution in [0.15, 0.2) is 28.7 Å². The minimum absolute atomic E-state index is 0.0201. The molecule has 0 atom stereocenters. The van der Waals surface area contributed by atoms with Crippen LogP contribution in [0.2, 0.25) is 0 Å². The zero-order chi connectivity index (χ0) is 17.8. The van der Waals surface area contributed by atoms with Crippen molar-refractivity contribution in [1.29, 1.82) is 0 Å². The molecule has 124 valence electrons. The number of benzene rings is 1. The summed E-state index contributed by atoms with van der Waals surface area (Å²) in [6.45, 7) is 8.97. The van der Waals surface area contributed by atoms with Crippen molar-refractivity contribution in [3.63, 3.8) is 0 Å². The van der Waals surface area contributed by atoms with Crippen LogP contribution in [0.25, 0.3) is 5.53 Å². The van der Waals surface area contributed by atoms with E-state index in [1.54, 1.807) is 26.0 Å². The van der Waals surface area contributed by atoms with E-state index < -0.39 is 20.7 Å². The zero-order valence-corrected chi connectivity index (χ0v) is 15.0. The standard InChI is InChI=1S/C17H22N2O3S/c1-11(2)7-6-8-15(20)17(19-18)23(21,22)16-13(4)9-12(3)10-14(16)5/h7,9-10H,6,8H2,1-5H3. The first-order valence-corrected chi connectivity index (χ1v) is 8.81. The fourth-order valence-electron chi connectivity index (χ4n) is 2.55. The van der Waals surface area contributed by atoms with Crippen LogP contribution >= 0.6 is 0 Å². The summed E-state index contributed by atoms with van der Waals surface area (Å²) in [6, 6.07) is 3.45. The van der Waals surface area contributed by atoms with Crippen LogP contribution in [0.4, 0.5) is 0 Å². The fourth-order valence-corrected chi connectivity index (χ4v) is 4.21. The monoisotopic (exact) mass is 334 g/mol. The SMILES string of the molecule is CC(C)=CCCC(=O)C(=[N+]=[N-])S(=O)(=O)c1c(C)cc(C)cc1C. The predicted octanol–water partition coefficient (Wildman–Crippen LogP) is 3.33. The van der Waals surface area contributed by atoms with E-state index >= 15 is 0 Å². The highest BCUT2D eigenvalue weighted by Crippen LogP contribution is 2.24. The first kappa shape index (κ1) is 19.0. The maximum Gasteiger partial charge on any atom is 0.451 e. The Morgan fingerprint density at radius 2 is 1.70 bits per heavy atom. The van der Waals surface area contributed by atoms with Crippen LogP contribution in [-0.2, 0) is 14.6 Å². The lowest BCUT2D eigenvalue weighted by Gasteiger charge is -2.09. The molecular weight excluding hydrogens is 312 g/mol. The van der Waals surface area contributed by atoms with Gasteiger partial charge in [-0.15, -0.1) is 4.79 Å². The van der Waals surface area contributed by atoms with E-state index in [0.717, 1.165) is 11.1 Å². The first-order chi connectivity index (χ1) is 10.6. The van der Waals surface area contributed by atoms with Crippen molar-refractivity contribution in [3.8, 4) is 0 Å². The number of sulfone groups is 1. The molecule has 1 rings (SSSR count). The molecule has 1 aromatic carbocycles. The van der Waals surface area contributed by atoms with Gasteiger partial charge in [0.2, 0.25) is 0 Å². The molecule has 5 nitrogen and oxygen atoms in total. The van der Waals surface area contributed by atoms with Gasteiger partial charge in [0.05, 0.1) is 4.90 Å². The van der Waals surface area contributed by atoms with Gasteiger partial charge in [-0.1, -0.05) is 29.3 Å². The molecule has 0 spiro atoms. The lowest BCUT2D eigenvalue weighted by atomic mass is 10.1. The quantitative estimate of drug-likeness (QED) is 0.272. The lowest BCUT2D eigenvalue weighted by Crippen LogP contribution is -2.27. The molecule has 0 unspecified atom stereocenters. The van der Waals surface area contributed by atoms with Gasteiger partial charge in [-0.2, -0.15) is 0 Å². The first-order valence-electron chi connectivity index (χ1n) is 7.32. The van der Waals surface area contributed by atoms with Crippen molar-refractivity contribution in [2.45, 2.75) is 52.4 Å². The van der Waals surface area contributed by atoms with E-state index in [0.29, 0.717) is 17.5 Å². The number of allylic oxidation sites excluding steroid dienone is 2. The van der Waals surface area contributed by atoms with Gasteiger partial charge in [0, 0.05) is 6.42 Å². The highest BCUT2D eigenvalue weighted by Gasteiger charge is 2.38. The Labute approximate surface area is 137 Å². The van der Waals surface area contributed by atoms with Crippen molar-refractivity contribution < 1.29 is 18.0 Å². The summed E-state index contributed by atoms with van der Waals surface area (Å²) in [5.74, 6) is -0.690. The maximum atomic E-state index is 12.7. The van der Waals surface area contributed by atoms with Gasteiger partial charge in [-0.05, 0) is 52.2 Å². The number of ketones is 1. The molecule has 0 amide bonds. The minimum atomic E-state index is -4.15. The zero-order valence-electron chi connectivity index (χ0n) is 14.2. The van der Waals surface area contributed by atoms with Gasteiger partial charge in [-0.3, -0.25) is 4.79 Å². The number of hydrogen-bond donors (Lipinski definition) is 0. The van der Waals surface area contributed by atoms with Crippen molar-refractivity contribution >= 4 is 20.7 Å². The Morgan fingerprint density at radius 3 is 2.13 bits per heavy atom. The second kappa shape index (κ2) is 7.49. The summed E-state index contributed by atoms with van der Waals surface area (Å²) in [5.41, 5.74) is 12.1. The van der Waals surface area contributed by atoms with Crippen LogP contribution in [0.1, 0.15) is 43.4 Å². The minimum Gasteiger partial charge on any atom is -0.360 e. The second-order valence-corrected chi connectivity index (χ2v) is 7.68. The average Bonchev–Trinajstić information content (AvgIpc) is 2.36. The summed E-state index contributed by atoms with van der Waals surface area (Å²) < 4.78 is 25.5. The Hall–Kier alpha value is -2.04. The van der Waals surface area contributed by atoms with Crippen LogP contribution in [-0.4, -0.2) is 24.0 Å². The third-order valence-electron chi connectivity index (χ3n) is 3.38. The van der Waals surface area contributed by atoms with E-state index in [4.69, 9.17) is 5.53 Å². The van der Waals surface area contributed by atoms with Gasteiger partial charge >= 0.3 is 5.04 Å². The molecule has 0 fully saturated rings. The molecule has 0 aliphatic carbocycles. The normalized spacial score (nSPS) is 10.8. The van der Waals surface area contributed by atoms with E-state index in [1.807, 2.05) is 26.8 Å². The van der Waals surface area contributed by atoms with E-state index in [-0.39, 0.29) is 11.3 Å². The molecule has 0 saturated carbocycles. The molecule has 0 saturated heterocycles. The molecule has 0 heterocycles. The number of nitrogens with zero attached hydrogens (tertiary/aromatic N) is 2. The van der Waals surface area contributed by atoms with Crippen molar-refractivity contribution in [2.24, 2.45) is 0 Å². The summed E-state index contributed by atoms with van der Waals surface area (Å²) in [5, 5.41) is -0.797. The number of carbonyl (C=O) groups is 1. The van der Waals surface area contributed by atoms with Gasteiger partial charge in [-0.25, -0.2) is 8.42 Å². The number of rotatable bonds is 5. The van der Waals surface area contributed by atoms with Crippen molar-refractivity contribution in [3.05, 3.63) is 46.0 Å². The predicted molar refractivity (Wildman–Crippen MR) is 90.1 cm³/mol. The van der Waals surface area contributed by atoms with Crippen LogP contribution < -0.4 is 0 Å². The van der Waals surface area contributed by atoms with Gasteiger partial charge in [0.25, 0.3) is 15.6 Å². The Balaban J connectivity index is 3.28. The molecular formula is C17H22N2O3S. The number of hydrogen-bond acceptors (Lipinski definition) is 3. The van der Waals surface area contributed by atoms with Crippen molar-refractivity contribution in [2.75, 3.05) is 0 Å². The average molecular weight is 334 g/mol. The molecule has 0 radical (unpaired) electrons. The fraction of sp³-hybridized carbons (Fsp3) is 0.412. The van der Waals surface area contributed by atoms with Crippen LogP contribution in [0.3, 0.4) is 0 Å². The number of carbonyl (C=O) groups excluding carboxylic acids is 1. The number of Topliss-reactive ketones (excluding diaryl/α,β-unsaturated/α-hetero) is 1. The van der Waals surface area contributed by atoms with Gasteiger partial charge in [0.15, 0.2) is 0 Å². The summed E-state index contributed by atoms with van der Waals surface area (Å²) in [6.07, 6.45) is 2.22. The Bertz CT molecular complexity index is 787. The summed E-state index contributed by atoms with van der Waals surface area (Å²) >= 11 is 0. The Kier molecular flexibility index (Phi) is 6.19. The maximum absolute atomic E-state index is 12.7. The molecule has 0 aliphatic rings. The van der Waals surface area contributed by atoms with Gasteiger partial charge < -0.3 is 5.53 Å². The highest BCUT2D eigenvalue weighted by atomic mass is 32.2. The second-order valence-electron chi connectivity index (χ2n) is 5.88. The van der Waals surface area contributed by atoms with E-state index in [9.17, 15) is 13.2 Å². The molecule has 1 aromatic rings. The highest BCUT2D eigenvalue weighted by molar-refractivity contribution is 8.08. The third-order valence-corrected chi connectivity index (χ3v) is 5.38. The molecule has 0 bridgehead atoms. The smallest absolute Gasteiger partial charge is 0.360 e. The number of aryl methyl sites for hydroxylation is 3. The van der Waals surface area contributed by atoms with Crippen molar-refractivity contribution in [1.82, 2.24) is 0 Å². The van der Waals surface area contributed by atoms with Gasteiger partial charge in [0.1, 0.15) is 0 Å². The molecule has 6 heteroatoms. The van der Waals surface area contributed by atoms with Crippen LogP contribution in [0, 0.1) is 20.8 Å². The molecule has 0 aromatic heterocycles. The summed E-state index contributed by atoms with van der Waals surface area (Å²) in [4.78, 5) is 15.0.